The average molecular weight is 191 g/mol. The number of rotatable bonds is 1. The third-order valence-corrected chi connectivity index (χ3v) is 2.50. The maximum atomic E-state index is 9.91. The fourth-order valence-corrected chi connectivity index (χ4v) is 1.72. The number of aromatic amines is 1. The summed E-state index contributed by atoms with van der Waals surface area (Å²) in [7, 11) is 0. The fraction of sp³-hybridized carbons (Fsp3) is 0.273. The molecule has 2 rings (SSSR count). The number of hydrogen-bond acceptors (Lipinski definition) is 2. The molecule has 2 aromatic rings. The van der Waals surface area contributed by atoms with Gasteiger partial charge >= 0.3 is 0 Å². The minimum absolute atomic E-state index is 0.177. The van der Waals surface area contributed by atoms with Crippen molar-refractivity contribution in [2.24, 2.45) is 0 Å². The zero-order valence-corrected chi connectivity index (χ0v) is 8.20. The lowest BCUT2D eigenvalue weighted by atomic mass is 10.0. The molecule has 74 valence electrons. The molecule has 0 radical (unpaired) electrons. The number of aryl methyl sites for hydroxylation is 1. The molecule has 0 aliphatic heterocycles. The van der Waals surface area contributed by atoms with Gasteiger partial charge in [0.2, 0.25) is 0 Å². The highest BCUT2D eigenvalue weighted by Crippen LogP contribution is 2.33. The Morgan fingerprint density at radius 2 is 2.07 bits per heavy atom. The third kappa shape index (κ3) is 1.17. The molecule has 0 fully saturated rings. The highest BCUT2D eigenvalue weighted by Gasteiger charge is 2.12. The Morgan fingerprint density at radius 3 is 2.71 bits per heavy atom. The van der Waals surface area contributed by atoms with Crippen LogP contribution in [0.1, 0.15) is 24.2 Å². The predicted octanol–water partition coefficient (Wildman–Crippen LogP) is 2.24. The minimum atomic E-state index is -0.645. The number of hydrogen-bond donors (Lipinski definition) is 3. The molecule has 0 bridgehead atoms. The van der Waals surface area contributed by atoms with Crippen LogP contribution in [0.3, 0.4) is 0 Å². The monoisotopic (exact) mass is 191 g/mol. The average Bonchev–Trinajstić information content (AvgIpc) is 2.48. The summed E-state index contributed by atoms with van der Waals surface area (Å²) in [6, 6.07) is 3.60. The van der Waals surface area contributed by atoms with Gasteiger partial charge in [-0.05, 0) is 25.5 Å². The molecule has 1 unspecified atom stereocenters. The van der Waals surface area contributed by atoms with Gasteiger partial charge in [0.25, 0.3) is 0 Å². The van der Waals surface area contributed by atoms with Gasteiger partial charge in [0.05, 0.1) is 6.10 Å². The van der Waals surface area contributed by atoms with Crippen LogP contribution in [0.15, 0.2) is 18.3 Å². The van der Waals surface area contributed by atoms with Crippen molar-refractivity contribution in [3.8, 4) is 5.75 Å². The van der Waals surface area contributed by atoms with Crippen LogP contribution in [0, 0.1) is 6.92 Å². The molecule has 0 aliphatic carbocycles. The Kier molecular flexibility index (Phi) is 1.97. The highest BCUT2D eigenvalue weighted by atomic mass is 16.3. The molecule has 1 atom stereocenters. The number of aromatic nitrogens is 1. The van der Waals surface area contributed by atoms with Gasteiger partial charge in [-0.3, -0.25) is 0 Å². The van der Waals surface area contributed by atoms with Gasteiger partial charge < -0.3 is 15.2 Å². The Balaban J connectivity index is 2.79. The van der Waals surface area contributed by atoms with E-state index in [0.717, 1.165) is 16.5 Å². The van der Waals surface area contributed by atoms with Crippen LogP contribution >= 0.6 is 0 Å². The number of aromatic hydroxyl groups is 1. The smallest absolute Gasteiger partial charge is 0.130 e. The van der Waals surface area contributed by atoms with Crippen LogP contribution in [-0.4, -0.2) is 15.2 Å². The van der Waals surface area contributed by atoms with E-state index < -0.39 is 6.10 Å². The van der Waals surface area contributed by atoms with Crippen LogP contribution in [0.5, 0.6) is 5.75 Å². The number of aliphatic hydroxyl groups is 1. The molecule has 0 amide bonds. The maximum absolute atomic E-state index is 9.91. The molecule has 0 saturated carbocycles. The molecule has 14 heavy (non-hydrogen) atoms. The second kappa shape index (κ2) is 3.03. The molecule has 1 aromatic heterocycles. The van der Waals surface area contributed by atoms with E-state index in [2.05, 4.69) is 4.98 Å². The first-order valence-corrected chi connectivity index (χ1v) is 4.59. The van der Waals surface area contributed by atoms with Crippen molar-refractivity contribution in [2.75, 3.05) is 0 Å². The van der Waals surface area contributed by atoms with Crippen LogP contribution < -0.4 is 0 Å². The second-order valence-corrected chi connectivity index (χ2v) is 3.57. The number of nitrogens with one attached hydrogen (secondary N) is 1. The summed E-state index contributed by atoms with van der Waals surface area (Å²) in [5, 5.41) is 20.1. The number of phenolic OH excluding ortho intramolecular Hbond substituents is 1. The summed E-state index contributed by atoms with van der Waals surface area (Å²) in [6.07, 6.45) is 1.20. The predicted molar refractivity (Wildman–Crippen MR) is 55.3 cm³/mol. The third-order valence-electron chi connectivity index (χ3n) is 2.50. The van der Waals surface area contributed by atoms with Crippen molar-refractivity contribution >= 4 is 10.9 Å². The molecule has 1 heterocycles. The van der Waals surface area contributed by atoms with E-state index in [1.54, 1.807) is 13.0 Å². The Labute approximate surface area is 82.0 Å². The lowest BCUT2D eigenvalue weighted by molar-refractivity contribution is 0.195. The summed E-state index contributed by atoms with van der Waals surface area (Å²) in [4.78, 5) is 3.05. The molecular formula is C11H13NO2. The first-order chi connectivity index (χ1) is 6.61. The van der Waals surface area contributed by atoms with Crippen LogP contribution in [0.25, 0.3) is 10.9 Å². The maximum Gasteiger partial charge on any atom is 0.130 e. The minimum Gasteiger partial charge on any atom is -0.507 e. The molecule has 0 aliphatic rings. The van der Waals surface area contributed by atoms with E-state index in [4.69, 9.17) is 0 Å². The van der Waals surface area contributed by atoms with E-state index >= 15 is 0 Å². The van der Waals surface area contributed by atoms with E-state index in [1.165, 1.54) is 0 Å². The van der Waals surface area contributed by atoms with Crippen LogP contribution in [0.4, 0.5) is 0 Å². The lowest BCUT2D eigenvalue weighted by Crippen LogP contribution is -1.91. The van der Waals surface area contributed by atoms with Crippen molar-refractivity contribution in [3.05, 3.63) is 29.5 Å². The molecule has 3 nitrogen and oxygen atoms in total. The summed E-state index contributed by atoms with van der Waals surface area (Å²) in [5.41, 5.74) is 2.45. The van der Waals surface area contributed by atoms with E-state index in [-0.39, 0.29) is 5.75 Å². The quantitative estimate of drug-likeness (QED) is 0.647. The van der Waals surface area contributed by atoms with Gasteiger partial charge in [-0.15, -0.1) is 0 Å². The number of fused-ring (bicyclic) bond motifs is 1. The second-order valence-electron chi connectivity index (χ2n) is 3.57. The summed E-state index contributed by atoms with van der Waals surface area (Å²) in [5.74, 6) is 0.177. The molecule has 3 heteroatoms. The van der Waals surface area contributed by atoms with Gasteiger partial charge in [0.1, 0.15) is 5.75 Å². The number of phenols is 1. The van der Waals surface area contributed by atoms with Gasteiger partial charge in [-0.1, -0.05) is 6.07 Å². The molecule has 0 saturated heterocycles. The van der Waals surface area contributed by atoms with Crippen molar-refractivity contribution in [3.63, 3.8) is 0 Å². The number of aliphatic hydroxyl groups excluding tert-OH is 1. The lowest BCUT2D eigenvalue weighted by Gasteiger charge is -2.08. The normalized spacial score (nSPS) is 13.4. The Morgan fingerprint density at radius 1 is 1.36 bits per heavy atom. The number of benzene rings is 1. The van der Waals surface area contributed by atoms with Gasteiger partial charge in [0, 0.05) is 22.7 Å². The molecule has 1 aromatic carbocycles. The highest BCUT2D eigenvalue weighted by molar-refractivity contribution is 5.90. The topological polar surface area (TPSA) is 56.2 Å². The first kappa shape index (κ1) is 9.09. The van der Waals surface area contributed by atoms with Crippen molar-refractivity contribution in [2.45, 2.75) is 20.0 Å². The van der Waals surface area contributed by atoms with Crippen molar-refractivity contribution < 1.29 is 10.2 Å². The summed E-state index contributed by atoms with van der Waals surface area (Å²) < 4.78 is 0. The van der Waals surface area contributed by atoms with Gasteiger partial charge in [-0.2, -0.15) is 0 Å². The zero-order chi connectivity index (χ0) is 10.3. The van der Waals surface area contributed by atoms with Crippen molar-refractivity contribution in [1.29, 1.82) is 0 Å². The molecule has 3 N–H and O–H groups in total. The Bertz CT molecular complexity index is 471. The standard InChI is InChI=1S/C11H13NO2/c1-6-5-12-9-4-3-8(7(2)13)11(14)10(6)9/h3-5,7,12-14H,1-2H3. The van der Waals surface area contributed by atoms with Crippen LogP contribution in [0.2, 0.25) is 0 Å². The zero-order valence-electron chi connectivity index (χ0n) is 8.20. The van der Waals surface area contributed by atoms with Crippen molar-refractivity contribution in [1.82, 2.24) is 4.98 Å². The van der Waals surface area contributed by atoms with E-state index in [1.807, 2.05) is 19.2 Å². The van der Waals surface area contributed by atoms with Crippen LogP contribution in [-0.2, 0) is 0 Å². The summed E-state index contributed by atoms with van der Waals surface area (Å²) >= 11 is 0. The molecular weight excluding hydrogens is 178 g/mol. The van der Waals surface area contributed by atoms with E-state index in [9.17, 15) is 10.2 Å². The SMILES string of the molecule is Cc1c[nH]c2ccc(C(C)O)c(O)c12. The molecule has 0 spiro atoms. The first-order valence-electron chi connectivity index (χ1n) is 4.59. The van der Waals surface area contributed by atoms with E-state index in [0.29, 0.717) is 5.56 Å². The van der Waals surface area contributed by atoms with Gasteiger partial charge in [0.15, 0.2) is 0 Å². The largest absolute Gasteiger partial charge is 0.507 e. The van der Waals surface area contributed by atoms with Gasteiger partial charge in [-0.25, -0.2) is 0 Å². The fourth-order valence-electron chi connectivity index (χ4n) is 1.72. The number of H-pyrrole nitrogens is 1. The summed E-state index contributed by atoms with van der Waals surface area (Å²) in [6.45, 7) is 3.56. The Hall–Kier alpha value is -1.48.